The van der Waals surface area contributed by atoms with E-state index in [2.05, 4.69) is 4.74 Å². The highest BCUT2D eigenvalue weighted by atomic mass is 16.5. The van der Waals surface area contributed by atoms with Crippen LogP contribution >= 0.6 is 0 Å². The summed E-state index contributed by atoms with van der Waals surface area (Å²) in [4.78, 5) is 11.3. The third-order valence-corrected chi connectivity index (χ3v) is 5.72. The summed E-state index contributed by atoms with van der Waals surface area (Å²) in [6, 6.07) is 19.2. The molecule has 1 aromatic heterocycles. The summed E-state index contributed by atoms with van der Waals surface area (Å²) in [7, 11) is 1.39. The molecule has 0 radical (unpaired) electrons. The number of nitrogens with two attached hydrogens (primary N) is 1. The number of carbonyl (C=O) groups excluding carboxylic acids is 1. The third-order valence-electron chi connectivity index (χ3n) is 5.72. The quantitative estimate of drug-likeness (QED) is 0.201. The third kappa shape index (κ3) is 7.21. The van der Waals surface area contributed by atoms with Crippen molar-refractivity contribution in [3.63, 3.8) is 0 Å². The topological polar surface area (TPSA) is 98.5 Å². The van der Waals surface area contributed by atoms with Gasteiger partial charge in [0.1, 0.15) is 18.1 Å². The summed E-state index contributed by atoms with van der Waals surface area (Å²) < 4.78 is 16.2. The smallest absolute Gasteiger partial charge is 0.305 e. The van der Waals surface area contributed by atoms with Gasteiger partial charge < -0.3 is 19.6 Å². The van der Waals surface area contributed by atoms with Gasteiger partial charge in [-0.3, -0.25) is 10.2 Å². The fourth-order valence-corrected chi connectivity index (χ4v) is 3.60. The molecule has 0 aliphatic heterocycles. The molecule has 0 spiro atoms. The molecule has 0 aliphatic rings. The molecule has 35 heavy (non-hydrogen) atoms. The Labute approximate surface area is 206 Å². The second-order valence-corrected chi connectivity index (χ2v) is 8.31. The maximum absolute atomic E-state index is 11.3. The average molecular weight is 473 g/mol. The minimum atomic E-state index is -0.224. The van der Waals surface area contributed by atoms with E-state index in [4.69, 9.17) is 20.3 Å². The largest absolute Gasteiger partial charge is 0.489 e. The van der Waals surface area contributed by atoms with Gasteiger partial charge in [-0.15, -0.1) is 0 Å². The van der Waals surface area contributed by atoms with E-state index in [1.807, 2.05) is 80.6 Å². The number of para-hydroxylation sites is 1. The van der Waals surface area contributed by atoms with Crippen molar-refractivity contribution >= 4 is 11.7 Å². The van der Waals surface area contributed by atoms with Crippen molar-refractivity contribution in [3.05, 3.63) is 101 Å². The molecule has 0 unspecified atom stereocenters. The van der Waals surface area contributed by atoms with Crippen molar-refractivity contribution in [1.82, 2.24) is 0 Å². The molecule has 0 bridgehead atoms. The number of nitrogens with one attached hydrogen (secondary N) is 1. The van der Waals surface area contributed by atoms with E-state index in [0.29, 0.717) is 37.3 Å². The van der Waals surface area contributed by atoms with Crippen LogP contribution in [0.1, 0.15) is 37.8 Å². The molecule has 3 rings (SSSR count). The zero-order valence-electron chi connectivity index (χ0n) is 20.5. The van der Waals surface area contributed by atoms with Crippen molar-refractivity contribution < 1.29 is 18.7 Å². The van der Waals surface area contributed by atoms with E-state index in [0.717, 1.165) is 39.3 Å². The summed E-state index contributed by atoms with van der Waals surface area (Å²) >= 11 is 0. The molecule has 2 aromatic carbocycles. The molecule has 6 nitrogen and oxygen atoms in total. The lowest BCUT2D eigenvalue weighted by Crippen LogP contribution is -2.13. The van der Waals surface area contributed by atoms with Gasteiger partial charge in [-0.2, -0.15) is 0 Å². The lowest BCUT2D eigenvalue weighted by Gasteiger charge is -2.15. The highest BCUT2D eigenvalue weighted by Crippen LogP contribution is 2.26. The van der Waals surface area contributed by atoms with Crippen molar-refractivity contribution in [2.24, 2.45) is 5.73 Å². The Hall–Kier alpha value is -4.06. The average Bonchev–Trinajstić information content (AvgIpc) is 3.41. The fraction of sp³-hybridized carbons (Fsp3) is 0.241. The number of hydrogen-bond acceptors (Lipinski definition) is 6. The Balaban J connectivity index is 1.70. The summed E-state index contributed by atoms with van der Waals surface area (Å²) in [5.74, 6) is 1.30. The predicted octanol–water partition coefficient (Wildman–Crippen LogP) is 6.07. The van der Waals surface area contributed by atoms with Gasteiger partial charge in [-0.25, -0.2) is 0 Å². The van der Waals surface area contributed by atoms with Crippen molar-refractivity contribution in [2.75, 3.05) is 13.7 Å². The van der Waals surface area contributed by atoms with E-state index in [-0.39, 0.29) is 5.97 Å². The van der Waals surface area contributed by atoms with Crippen LogP contribution in [0.25, 0.3) is 11.3 Å². The van der Waals surface area contributed by atoms with Gasteiger partial charge in [0.15, 0.2) is 0 Å². The molecule has 3 N–H and O–H groups in total. The molecule has 0 saturated heterocycles. The number of allylic oxidation sites excluding steroid dienone is 3. The fourth-order valence-electron chi connectivity index (χ4n) is 3.60. The molecule has 0 amide bonds. The highest BCUT2D eigenvalue weighted by molar-refractivity contribution is 6.11. The van der Waals surface area contributed by atoms with Gasteiger partial charge in [0.2, 0.25) is 0 Å². The van der Waals surface area contributed by atoms with Gasteiger partial charge >= 0.3 is 5.97 Å². The molecule has 0 atom stereocenters. The van der Waals surface area contributed by atoms with Crippen LogP contribution in [0.4, 0.5) is 0 Å². The number of furan rings is 1. The van der Waals surface area contributed by atoms with Crippen LogP contribution in [0.5, 0.6) is 5.75 Å². The second kappa shape index (κ2) is 12.4. The van der Waals surface area contributed by atoms with Gasteiger partial charge in [0, 0.05) is 29.7 Å². The van der Waals surface area contributed by atoms with E-state index >= 15 is 0 Å². The molecule has 182 valence electrons. The van der Waals surface area contributed by atoms with Crippen LogP contribution in [0, 0.1) is 5.41 Å². The summed E-state index contributed by atoms with van der Waals surface area (Å²) in [6.07, 6.45) is 5.06. The first kappa shape index (κ1) is 25.6. The number of methoxy groups -OCH3 is 1. The van der Waals surface area contributed by atoms with E-state index in [1.54, 1.807) is 6.26 Å². The maximum Gasteiger partial charge on any atom is 0.305 e. The minimum Gasteiger partial charge on any atom is -0.489 e. The molecular formula is C29H32N2O4. The number of benzene rings is 2. The lowest BCUT2D eigenvalue weighted by atomic mass is 9.94. The normalized spacial score (nSPS) is 12.1. The molecular weight excluding hydrogens is 440 g/mol. The van der Waals surface area contributed by atoms with Crippen molar-refractivity contribution in [2.45, 2.75) is 33.1 Å². The Kier molecular flexibility index (Phi) is 9.07. The number of esters is 1. The SMILES string of the molecule is COC(=O)CC/C(C)=C/COc1ccccc1CC(C(=N)c1ccc(-c2ccco2)cc1)=C(C)N. The van der Waals surface area contributed by atoms with E-state index < -0.39 is 0 Å². The zero-order chi connectivity index (χ0) is 25.2. The van der Waals surface area contributed by atoms with Crippen LogP contribution < -0.4 is 10.5 Å². The first-order valence-electron chi connectivity index (χ1n) is 11.5. The Morgan fingerprint density at radius 1 is 1.03 bits per heavy atom. The molecule has 6 heteroatoms. The van der Waals surface area contributed by atoms with Gasteiger partial charge in [0.25, 0.3) is 0 Å². The minimum absolute atomic E-state index is 0.224. The second-order valence-electron chi connectivity index (χ2n) is 8.31. The number of carbonyl (C=O) groups is 1. The Morgan fingerprint density at radius 3 is 2.43 bits per heavy atom. The number of rotatable bonds is 11. The summed E-state index contributed by atoms with van der Waals surface area (Å²) in [5.41, 5.74) is 11.7. The van der Waals surface area contributed by atoms with Crippen LogP contribution in [0.3, 0.4) is 0 Å². The molecule has 1 heterocycles. The van der Waals surface area contributed by atoms with E-state index in [1.165, 1.54) is 7.11 Å². The van der Waals surface area contributed by atoms with Crippen LogP contribution in [-0.2, 0) is 16.0 Å². The summed E-state index contributed by atoms with van der Waals surface area (Å²) in [5, 5.41) is 8.82. The first-order valence-corrected chi connectivity index (χ1v) is 11.5. The molecule has 0 fully saturated rings. The van der Waals surface area contributed by atoms with Crippen molar-refractivity contribution in [3.8, 4) is 17.1 Å². The zero-order valence-corrected chi connectivity index (χ0v) is 20.5. The molecule has 0 aliphatic carbocycles. The van der Waals surface area contributed by atoms with Crippen molar-refractivity contribution in [1.29, 1.82) is 5.41 Å². The van der Waals surface area contributed by atoms with Gasteiger partial charge in [-0.05, 0) is 55.7 Å². The Morgan fingerprint density at radius 2 is 1.77 bits per heavy atom. The van der Waals surface area contributed by atoms with E-state index in [9.17, 15) is 4.79 Å². The van der Waals surface area contributed by atoms with Gasteiger partial charge in [0.05, 0.1) is 19.1 Å². The van der Waals surface area contributed by atoms with Gasteiger partial charge in [-0.1, -0.05) is 48.0 Å². The highest BCUT2D eigenvalue weighted by Gasteiger charge is 2.15. The van der Waals surface area contributed by atoms with Crippen LogP contribution in [0.2, 0.25) is 0 Å². The standard InChI is InChI=1S/C29H32N2O4/c1-20(10-15-28(32)33-3)16-18-35-27-8-5-4-7-24(27)19-25(21(2)30)29(31)23-13-11-22(12-14-23)26-9-6-17-34-26/h4-9,11-14,16-17,31H,10,15,18-19,30H2,1-3H3/b20-16+,25-21?,31-29?. The number of hydrogen-bond donors (Lipinski definition) is 2. The predicted molar refractivity (Wildman–Crippen MR) is 139 cm³/mol. The molecule has 0 saturated carbocycles. The summed E-state index contributed by atoms with van der Waals surface area (Å²) in [6.45, 7) is 4.17. The number of ether oxygens (including phenoxy) is 2. The van der Waals surface area contributed by atoms with Crippen LogP contribution in [0.15, 0.2) is 94.3 Å². The van der Waals surface area contributed by atoms with Crippen LogP contribution in [-0.4, -0.2) is 25.4 Å². The Bertz CT molecular complexity index is 1200. The lowest BCUT2D eigenvalue weighted by molar-refractivity contribution is -0.140. The monoisotopic (exact) mass is 472 g/mol. The molecule has 3 aromatic rings. The first-order chi connectivity index (χ1) is 16.9. The maximum atomic E-state index is 11.3.